The van der Waals surface area contributed by atoms with Gasteiger partial charge in [0.2, 0.25) is 23.5 Å². The van der Waals surface area contributed by atoms with Crippen molar-refractivity contribution in [1.29, 1.82) is 0 Å². The smallest absolute Gasteiger partial charge is 0.374 e. The molecule has 0 fully saturated rings. The lowest BCUT2D eigenvalue weighted by Crippen LogP contribution is -2.29. The van der Waals surface area contributed by atoms with Gasteiger partial charge < -0.3 is 39.7 Å². The first-order chi connectivity index (χ1) is 19.0. The topological polar surface area (TPSA) is 183 Å². The number of amides is 4. The van der Waals surface area contributed by atoms with E-state index in [9.17, 15) is 24.0 Å². The Bertz CT molecular complexity index is 1420. The molecule has 0 aliphatic rings. The van der Waals surface area contributed by atoms with Gasteiger partial charge in [-0.2, -0.15) is 0 Å². The Labute approximate surface area is 230 Å². The molecule has 40 heavy (non-hydrogen) atoms. The van der Waals surface area contributed by atoms with E-state index in [1.165, 1.54) is 32.2 Å². The maximum absolute atomic E-state index is 12.7. The van der Waals surface area contributed by atoms with E-state index in [0.717, 1.165) is 0 Å². The highest BCUT2D eigenvalue weighted by Gasteiger charge is 2.19. The molecule has 15 nitrogen and oxygen atoms in total. The third kappa shape index (κ3) is 7.55. The van der Waals surface area contributed by atoms with Crippen LogP contribution in [-0.4, -0.2) is 66.4 Å². The molecule has 0 radical (unpaired) electrons. The summed E-state index contributed by atoms with van der Waals surface area (Å²) < 4.78 is 9.38. The fourth-order valence-electron chi connectivity index (χ4n) is 3.71. The lowest BCUT2D eigenvalue weighted by molar-refractivity contribution is -0.117. The average molecular weight is 556 g/mol. The number of nitrogens with one attached hydrogen (secondary N) is 4. The number of anilines is 3. The number of imidazole rings is 2. The summed E-state index contributed by atoms with van der Waals surface area (Å²) in [6.07, 6.45) is 5.58. The molecule has 0 aliphatic carbocycles. The molecular formula is C25H33N9O6. The van der Waals surface area contributed by atoms with Gasteiger partial charge >= 0.3 is 5.97 Å². The van der Waals surface area contributed by atoms with Crippen molar-refractivity contribution in [2.75, 3.05) is 29.1 Å². The molecule has 0 aromatic carbocycles. The largest absolute Gasteiger partial charge is 0.460 e. The third-order valence-electron chi connectivity index (χ3n) is 5.56. The summed E-state index contributed by atoms with van der Waals surface area (Å²) in [5.74, 6) is -1.58. The number of carbonyl (C=O) groups is 5. The second kappa shape index (κ2) is 13.2. The Morgan fingerprint density at radius 3 is 2.00 bits per heavy atom. The highest BCUT2D eigenvalue weighted by molar-refractivity contribution is 6.03. The van der Waals surface area contributed by atoms with E-state index >= 15 is 0 Å². The molecule has 3 rings (SSSR count). The second-order valence-corrected chi connectivity index (χ2v) is 8.87. The molecule has 4 amide bonds. The number of carbonyl (C=O) groups excluding carboxylic acids is 5. The number of rotatable bonds is 12. The molecule has 0 saturated carbocycles. The van der Waals surface area contributed by atoms with E-state index in [1.807, 2.05) is 6.92 Å². The van der Waals surface area contributed by atoms with Crippen molar-refractivity contribution in [3.63, 3.8) is 0 Å². The molecule has 0 unspecified atom stereocenters. The van der Waals surface area contributed by atoms with E-state index < -0.39 is 23.7 Å². The van der Waals surface area contributed by atoms with E-state index in [4.69, 9.17) is 4.74 Å². The van der Waals surface area contributed by atoms with E-state index in [0.29, 0.717) is 18.5 Å². The van der Waals surface area contributed by atoms with Crippen LogP contribution in [0.4, 0.5) is 17.3 Å². The maximum atomic E-state index is 12.7. The zero-order chi connectivity index (χ0) is 29.4. The Kier molecular flexibility index (Phi) is 9.78. The Hall–Kier alpha value is -4.95. The third-order valence-corrected chi connectivity index (χ3v) is 5.56. The van der Waals surface area contributed by atoms with E-state index in [1.54, 1.807) is 34.3 Å². The van der Waals surface area contributed by atoms with Crippen molar-refractivity contribution in [2.45, 2.75) is 33.1 Å². The van der Waals surface area contributed by atoms with Crippen LogP contribution in [0.25, 0.3) is 0 Å². The summed E-state index contributed by atoms with van der Waals surface area (Å²) in [5, 5.41) is 10.6. The molecule has 0 bridgehead atoms. The Morgan fingerprint density at radius 1 is 0.775 bits per heavy atom. The van der Waals surface area contributed by atoms with Crippen LogP contribution in [-0.2, 0) is 35.5 Å². The van der Waals surface area contributed by atoms with Crippen LogP contribution in [0.15, 0.2) is 24.7 Å². The lowest BCUT2D eigenvalue weighted by atomic mass is 10.3. The Morgan fingerprint density at radius 2 is 1.38 bits per heavy atom. The van der Waals surface area contributed by atoms with Crippen LogP contribution in [0.1, 0.15) is 64.8 Å². The summed E-state index contributed by atoms with van der Waals surface area (Å²) in [5.41, 5.74) is 0.620. The zero-order valence-corrected chi connectivity index (χ0v) is 23.0. The van der Waals surface area contributed by atoms with Crippen molar-refractivity contribution in [3.8, 4) is 0 Å². The molecular weight excluding hydrogens is 522 g/mol. The standard InChI is InChI=1S/C25H33N9O6/c1-6-8-19(35)28-17-13-33(4)21(30-17)24(38)27-15-11-16(32(3)12-15)23(37)26-10-9-20(36)29-18-14-34(5)22(31-18)25(39)40-7-2/h11-14H,6-10H2,1-5H3,(H,26,37)(H,27,38)(H,28,35)(H,29,36). The van der Waals surface area contributed by atoms with Gasteiger partial charge in [-0.3, -0.25) is 19.2 Å². The van der Waals surface area contributed by atoms with Crippen molar-refractivity contribution in [3.05, 3.63) is 42.0 Å². The SMILES string of the molecule is CCCC(=O)Nc1cn(C)c(C(=O)Nc2cc(C(=O)NCCC(=O)Nc3cn(C)c(C(=O)OCC)n3)n(C)c2)n1. The van der Waals surface area contributed by atoms with Gasteiger partial charge in [0.1, 0.15) is 5.69 Å². The molecule has 3 aromatic rings. The fraction of sp³-hybridized carbons (Fsp3) is 0.400. The van der Waals surface area contributed by atoms with Gasteiger partial charge in [0.15, 0.2) is 11.6 Å². The number of aromatic nitrogens is 5. The number of ether oxygens (including phenoxy) is 1. The first-order valence-electron chi connectivity index (χ1n) is 12.6. The predicted molar refractivity (Wildman–Crippen MR) is 145 cm³/mol. The van der Waals surface area contributed by atoms with Crippen LogP contribution in [0.3, 0.4) is 0 Å². The van der Waals surface area contributed by atoms with Crippen LogP contribution < -0.4 is 21.3 Å². The summed E-state index contributed by atoms with van der Waals surface area (Å²) in [7, 11) is 4.87. The molecule has 4 N–H and O–H groups in total. The van der Waals surface area contributed by atoms with Crippen LogP contribution >= 0.6 is 0 Å². The summed E-state index contributed by atoms with van der Waals surface area (Å²) in [6.45, 7) is 3.80. The van der Waals surface area contributed by atoms with Gasteiger partial charge in [-0.25, -0.2) is 14.8 Å². The molecule has 3 heterocycles. The molecule has 0 spiro atoms. The van der Waals surface area contributed by atoms with Crippen molar-refractivity contribution < 1.29 is 28.7 Å². The molecule has 3 aromatic heterocycles. The molecule has 15 heteroatoms. The van der Waals surface area contributed by atoms with Gasteiger partial charge in [-0.1, -0.05) is 6.92 Å². The lowest BCUT2D eigenvalue weighted by Gasteiger charge is -2.06. The quantitative estimate of drug-likeness (QED) is 0.242. The highest BCUT2D eigenvalue weighted by Crippen LogP contribution is 2.16. The van der Waals surface area contributed by atoms with Gasteiger partial charge in [0, 0.05) is 59.1 Å². The van der Waals surface area contributed by atoms with Crippen molar-refractivity contribution in [2.24, 2.45) is 21.1 Å². The van der Waals surface area contributed by atoms with Crippen molar-refractivity contribution in [1.82, 2.24) is 29.0 Å². The normalized spacial score (nSPS) is 10.6. The minimum atomic E-state index is -0.600. The summed E-state index contributed by atoms with van der Waals surface area (Å²) >= 11 is 0. The average Bonchev–Trinajstić information content (AvgIpc) is 3.55. The number of hydrogen-bond donors (Lipinski definition) is 4. The minimum absolute atomic E-state index is 0.0366. The first-order valence-corrected chi connectivity index (χ1v) is 12.6. The van der Waals surface area contributed by atoms with E-state index in [-0.39, 0.29) is 54.5 Å². The maximum Gasteiger partial charge on any atom is 0.374 e. The van der Waals surface area contributed by atoms with Gasteiger partial charge in [0.05, 0.1) is 12.3 Å². The fourth-order valence-corrected chi connectivity index (χ4v) is 3.71. The monoisotopic (exact) mass is 555 g/mol. The number of hydrogen-bond acceptors (Lipinski definition) is 8. The highest BCUT2D eigenvalue weighted by atomic mass is 16.5. The van der Waals surface area contributed by atoms with Crippen LogP contribution in [0.2, 0.25) is 0 Å². The van der Waals surface area contributed by atoms with Crippen LogP contribution in [0.5, 0.6) is 0 Å². The molecule has 0 aliphatic heterocycles. The van der Waals surface area contributed by atoms with Crippen LogP contribution in [0, 0.1) is 0 Å². The van der Waals surface area contributed by atoms with Gasteiger partial charge in [0.25, 0.3) is 11.8 Å². The zero-order valence-electron chi connectivity index (χ0n) is 23.0. The predicted octanol–water partition coefficient (Wildman–Crippen LogP) is 1.42. The first kappa shape index (κ1) is 29.6. The van der Waals surface area contributed by atoms with E-state index in [2.05, 4.69) is 31.2 Å². The minimum Gasteiger partial charge on any atom is -0.460 e. The Balaban J connectivity index is 1.52. The number of nitrogens with zero attached hydrogens (tertiary/aromatic N) is 5. The number of aryl methyl sites for hydroxylation is 3. The second-order valence-electron chi connectivity index (χ2n) is 8.87. The van der Waals surface area contributed by atoms with Crippen molar-refractivity contribution >= 4 is 46.9 Å². The van der Waals surface area contributed by atoms with Gasteiger partial charge in [-0.15, -0.1) is 0 Å². The summed E-state index contributed by atoms with van der Waals surface area (Å²) in [6, 6.07) is 1.49. The number of esters is 1. The molecule has 214 valence electrons. The van der Waals surface area contributed by atoms with Gasteiger partial charge in [-0.05, 0) is 19.4 Å². The molecule has 0 atom stereocenters. The molecule has 0 saturated heterocycles. The summed E-state index contributed by atoms with van der Waals surface area (Å²) in [4.78, 5) is 69.6.